The van der Waals surface area contributed by atoms with Crippen molar-refractivity contribution in [3.8, 4) is 17.0 Å². The van der Waals surface area contributed by atoms with Crippen LogP contribution in [-0.4, -0.2) is 35.1 Å². The number of benzene rings is 3. The van der Waals surface area contributed by atoms with Gasteiger partial charge in [-0.25, -0.2) is 9.78 Å². The average molecular weight is 541 g/mol. The summed E-state index contributed by atoms with van der Waals surface area (Å²) in [5, 5.41) is 1.09. The maximum atomic E-state index is 12.9. The van der Waals surface area contributed by atoms with E-state index in [-0.39, 0.29) is 0 Å². The van der Waals surface area contributed by atoms with Gasteiger partial charge in [0.1, 0.15) is 10.6 Å². The van der Waals surface area contributed by atoms with Crippen molar-refractivity contribution in [2.45, 2.75) is 16.7 Å². The number of aromatic amines is 2. The maximum absolute atomic E-state index is 12.9. The molecule has 5 aromatic rings. The van der Waals surface area contributed by atoms with E-state index < -0.39 is 10.8 Å². The second-order valence-corrected chi connectivity index (χ2v) is 10.8. The Morgan fingerprint density at radius 1 is 1.03 bits per heavy atom. The SMILES string of the molecule is COC(=O)c1ccccc1N1c2nc(=S)[nH]c(-c3ccc(OC)cc3)c2SC1(C)c1c[nH]c2ccccc12. The number of ether oxygens (including phenoxy) is 2. The number of hydrogen-bond acceptors (Lipinski definition) is 7. The molecule has 3 heterocycles. The van der Waals surface area contributed by atoms with Crippen LogP contribution in [0.1, 0.15) is 22.8 Å². The first-order valence-electron chi connectivity index (χ1n) is 12.0. The van der Waals surface area contributed by atoms with Crippen LogP contribution in [0.25, 0.3) is 22.2 Å². The molecule has 0 saturated heterocycles. The van der Waals surface area contributed by atoms with Crippen molar-refractivity contribution in [3.05, 3.63) is 94.9 Å². The summed E-state index contributed by atoms with van der Waals surface area (Å²) in [6.07, 6.45) is 2.03. The Bertz CT molecular complexity index is 1750. The topological polar surface area (TPSA) is 83.2 Å². The van der Waals surface area contributed by atoms with Crippen LogP contribution in [-0.2, 0) is 9.61 Å². The zero-order valence-corrected chi connectivity index (χ0v) is 22.6. The van der Waals surface area contributed by atoms with Gasteiger partial charge in [-0.1, -0.05) is 42.1 Å². The van der Waals surface area contributed by atoms with Crippen LogP contribution < -0.4 is 9.64 Å². The summed E-state index contributed by atoms with van der Waals surface area (Å²) < 4.78 is 10.9. The molecule has 2 N–H and O–H groups in total. The monoisotopic (exact) mass is 540 g/mol. The van der Waals surface area contributed by atoms with Crippen LogP contribution in [0.4, 0.5) is 11.5 Å². The lowest BCUT2D eigenvalue weighted by Gasteiger charge is -2.36. The van der Waals surface area contributed by atoms with Crippen LogP contribution in [0, 0.1) is 4.77 Å². The number of esters is 1. The van der Waals surface area contributed by atoms with Crippen molar-refractivity contribution in [1.29, 1.82) is 0 Å². The van der Waals surface area contributed by atoms with E-state index in [1.165, 1.54) is 7.11 Å². The lowest BCUT2D eigenvalue weighted by Crippen LogP contribution is -2.35. The van der Waals surface area contributed by atoms with E-state index in [9.17, 15) is 4.79 Å². The van der Waals surface area contributed by atoms with E-state index in [0.717, 1.165) is 38.4 Å². The molecular weight excluding hydrogens is 516 g/mol. The quantitative estimate of drug-likeness (QED) is 0.180. The molecule has 6 rings (SSSR count). The fraction of sp³-hybridized carbons (Fsp3) is 0.138. The third-order valence-corrected chi connectivity index (χ3v) is 8.41. The molecule has 7 nitrogen and oxygen atoms in total. The summed E-state index contributed by atoms with van der Waals surface area (Å²) in [6.45, 7) is 2.14. The lowest BCUT2D eigenvalue weighted by molar-refractivity contribution is 0.0601. The second-order valence-electron chi connectivity index (χ2n) is 8.98. The minimum absolute atomic E-state index is 0.346. The van der Waals surface area contributed by atoms with E-state index in [2.05, 4.69) is 33.9 Å². The van der Waals surface area contributed by atoms with Crippen LogP contribution in [0.15, 0.2) is 83.9 Å². The highest BCUT2D eigenvalue weighted by molar-refractivity contribution is 8.01. The number of aromatic nitrogens is 3. The summed E-state index contributed by atoms with van der Waals surface area (Å²) in [6, 6.07) is 23.4. The summed E-state index contributed by atoms with van der Waals surface area (Å²) in [7, 11) is 3.03. The van der Waals surface area contributed by atoms with Gasteiger partial charge in [0.2, 0.25) is 0 Å². The number of hydrogen-bond donors (Lipinski definition) is 2. The number of nitrogens with zero attached hydrogens (tertiary/aromatic N) is 2. The summed E-state index contributed by atoms with van der Waals surface area (Å²) in [4.78, 5) is 26.8. The first-order chi connectivity index (χ1) is 18.4. The molecule has 1 atom stereocenters. The Hall–Kier alpha value is -4.08. The molecule has 3 aromatic carbocycles. The number of para-hydroxylation sites is 2. The molecule has 0 radical (unpaired) electrons. The summed E-state index contributed by atoms with van der Waals surface area (Å²) in [5.74, 6) is 1.02. The van der Waals surface area contributed by atoms with Gasteiger partial charge in [-0.05, 0) is 67.2 Å². The van der Waals surface area contributed by atoms with Crippen molar-refractivity contribution < 1.29 is 14.3 Å². The number of H-pyrrole nitrogens is 2. The van der Waals surface area contributed by atoms with Crippen molar-refractivity contribution in [3.63, 3.8) is 0 Å². The minimum atomic E-state index is -0.683. The predicted octanol–water partition coefficient (Wildman–Crippen LogP) is 7.20. The third-order valence-electron chi connectivity index (χ3n) is 6.83. The first kappa shape index (κ1) is 24.3. The zero-order valence-electron chi connectivity index (χ0n) is 20.9. The Labute approximate surface area is 228 Å². The van der Waals surface area contributed by atoms with Gasteiger partial charge in [-0.2, -0.15) is 0 Å². The van der Waals surface area contributed by atoms with Gasteiger partial charge in [0.15, 0.2) is 10.6 Å². The summed E-state index contributed by atoms with van der Waals surface area (Å²) in [5.41, 5.74) is 5.03. The number of rotatable bonds is 5. The number of anilines is 2. The van der Waals surface area contributed by atoms with E-state index in [1.807, 2.05) is 60.8 Å². The molecule has 0 amide bonds. The average Bonchev–Trinajstić information content (AvgIpc) is 3.51. The van der Waals surface area contributed by atoms with E-state index >= 15 is 0 Å². The van der Waals surface area contributed by atoms with Gasteiger partial charge >= 0.3 is 5.97 Å². The van der Waals surface area contributed by atoms with Crippen molar-refractivity contribution in [2.24, 2.45) is 0 Å². The molecule has 0 fully saturated rings. The molecule has 190 valence electrons. The van der Waals surface area contributed by atoms with Gasteiger partial charge in [-0.15, -0.1) is 0 Å². The fourth-order valence-electron chi connectivity index (χ4n) is 5.03. The molecule has 1 aliphatic heterocycles. The number of methoxy groups -OCH3 is 2. The fourth-order valence-corrected chi connectivity index (χ4v) is 6.67. The van der Waals surface area contributed by atoms with E-state index in [1.54, 1.807) is 24.9 Å². The zero-order chi connectivity index (χ0) is 26.4. The Kier molecular flexibility index (Phi) is 5.97. The molecule has 0 spiro atoms. The number of carbonyl (C=O) groups excluding carboxylic acids is 1. The van der Waals surface area contributed by atoms with Crippen molar-refractivity contribution >= 4 is 52.4 Å². The Morgan fingerprint density at radius 2 is 1.76 bits per heavy atom. The van der Waals surface area contributed by atoms with E-state index in [0.29, 0.717) is 21.8 Å². The summed E-state index contributed by atoms with van der Waals surface area (Å²) >= 11 is 7.29. The smallest absolute Gasteiger partial charge is 0.339 e. The van der Waals surface area contributed by atoms with Gasteiger partial charge < -0.3 is 24.3 Å². The minimum Gasteiger partial charge on any atom is -0.497 e. The molecule has 1 unspecified atom stereocenters. The largest absolute Gasteiger partial charge is 0.497 e. The van der Waals surface area contributed by atoms with Crippen LogP contribution in [0.3, 0.4) is 0 Å². The molecule has 0 aliphatic carbocycles. The van der Waals surface area contributed by atoms with Crippen LogP contribution in [0.2, 0.25) is 0 Å². The Balaban J connectivity index is 1.65. The molecule has 0 saturated carbocycles. The van der Waals surface area contributed by atoms with Crippen LogP contribution >= 0.6 is 24.0 Å². The lowest BCUT2D eigenvalue weighted by atomic mass is 10.0. The highest BCUT2D eigenvalue weighted by atomic mass is 32.2. The standard InChI is InChI=1S/C29H24N4O3S2/c1-29(21-16-30-22-10-6-4-8-19(21)22)33(23-11-7-5-9-20(23)27(34)36-3)26-25(38-29)24(31-28(37)32-26)17-12-14-18(35-2)15-13-17/h4-16,30H,1-3H3,(H,31,32,37). The highest BCUT2D eigenvalue weighted by Crippen LogP contribution is 2.61. The van der Waals surface area contributed by atoms with Gasteiger partial charge in [-0.3, -0.25) is 0 Å². The normalized spacial score (nSPS) is 16.4. The van der Waals surface area contributed by atoms with Crippen molar-refractivity contribution in [2.75, 3.05) is 19.1 Å². The molecule has 2 aromatic heterocycles. The first-order valence-corrected chi connectivity index (χ1v) is 13.2. The number of fused-ring (bicyclic) bond motifs is 2. The molecule has 0 bridgehead atoms. The van der Waals surface area contributed by atoms with Crippen molar-refractivity contribution in [1.82, 2.24) is 15.0 Å². The number of carbonyl (C=O) groups is 1. The third kappa shape index (κ3) is 3.77. The van der Waals surface area contributed by atoms with Gasteiger partial charge in [0.05, 0.1) is 36.1 Å². The number of nitrogens with one attached hydrogen (secondary N) is 2. The Morgan fingerprint density at radius 3 is 2.53 bits per heavy atom. The number of thioether (sulfide) groups is 1. The highest BCUT2D eigenvalue weighted by Gasteiger charge is 2.48. The molecule has 9 heteroatoms. The molecule has 38 heavy (non-hydrogen) atoms. The van der Waals surface area contributed by atoms with Gasteiger partial charge in [0.25, 0.3) is 0 Å². The van der Waals surface area contributed by atoms with Gasteiger partial charge in [0, 0.05) is 22.7 Å². The van der Waals surface area contributed by atoms with E-state index in [4.69, 9.17) is 26.7 Å². The van der Waals surface area contributed by atoms with Crippen LogP contribution in [0.5, 0.6) is 5.75 Å². The predicted molar refractivity (Wildman–Crippen MR) is 153 cm³/mol. The molecule has 1 aliphatic rings. The second kappa shape index (κ2) is 9.34. The molecular formula is C29H24N4O3S2. The maximum Gasteiger partial charge on any atom is 0.339 e.